The first kappa shape index (κ1) is 14.8. The number of para-hydroxylation sites is 1. The summed E-state index contributed by atoms with van der Waals surface area (Å²) >= 11 is 3.52. The molecule has 0 bridgehead atoms. The molecule has 0 spiro atoms. The molecule has 0 radical (unpaired) electrons. The lowest BCUT2D eigenvalue weighted by Gasteiger charge is -2.25. The first-order valence-electron chi connectivity index (χ1n) is 6.77. The predicted molar refractivity (Wildman–Crippen MR) is 79.1 cm³/mol. The molecule has 0 saturated carbocycles. The van der Waals surface area contributed by atoms with Gasteiger partial charge in [0.25, 0.3) is 0 Å². The summed E-state index contributed by atoms with van der Waals surface area (Å²) < 4.78 is 17.1. The summed E-state index contributed by atoms with van der Waals surface area (Å²) in [6, 6.07) is 7.99. The summed E-state index contributed by atoms with van der Waals surface area (Å²) in [6.07, 6.45) is 3.75. The van der Waals surface area contributed by atoms with Gasteiger partial charge < -0.3 is 14.2 Å². The van der Waals surface area contributed by atoms with Crippen molar-refractivity contribution in [1.82, 2.24) is 0 Å². The molecule has 2 atom stereocenters. The molecule has 0 amide bonds. The molecule has 1 aliphatic heterocycles. The van der Waals surface area contributed by atoms with Crippen LogP contribution in [0.3, 0.4) is 0 Å². The summed E-state index contributed by atoms with van der Waals surface area (Å²) in [5.41, 5.74) is 1.08. The highest BCUT2D eigenvalue weighted by atomic mass is 79.9. The summed E-state index contributed by atoms with van der Waals surface area (Å²) in [6.45, 7) is 1.51. The van der Waals surface area contributed by atoms with Crippen LogP contribution in [-0.2, 0) is 9.47 Å². The van der Waals surface area contributed by atoms with Crippen LogP contribution in [0, 0.1) is 0 Å². The summed E-state index contributed by atoms with van der Waals surface area (Å²) in [5.74, 6) is 0.872. The van der Waals surface area contributed by atoms with Gasteiger partial charge in [0.2, 0.25) is 0 Å². The Morgan fingerprint density at radius 1 is 1.37 bits per heavy atom. The average Bonchev–Trinajstić information content (AvgIpc) is 2.49. The minimum absolute atomic E-state index is 0.00155. The molecule has 2 unspecified atom stereocenters. The second-order valence-corrected chi connectivity index (χ2v) is 5.35. The normalized spacial score (nSPS) is 21.1. The third-order valence-corrected chi connectivity index (χ3v) is 3.97. The van der Waals surface area contributed by atoms with Crippen molar-refractivity contribution >= 4 is 15.9 Å². The van der Waals surface area contributed by atoms with Crippen molar-refractivity contribution in [2.24, 2.45) is 0 Å². The molecule has 1 heterocycles. The van der Waals surface area contributed by atoms with Crippen molar-refractivity contribution in [2.45, 2.75) is 31.5 Å². The third kappa shape index (κ3) is 4.20. The minimum atomic E-state index is 0.00155. The maximum atomic E-state index is 6.01. The van der Waals surface area contributed by atoms with Crippen LogP contribution >= 0.6 is 15.9 Å². The van der Waals surface area contributed by atoms with Gasteiger partial charge in [-0.25, -0.2) is 0 Å². The second kappa shape index (κ2) is 7.88. The zero-order valence-electron chi connectivity index (χ0n) is 11.3. The van der Waals surface area contributed by atoms with Gasteiger partial charge in [0.1, 0.15) is 5.75 Å². The van der Waals surface area contributed by atoms with Gasteiger partial charge in [0, 0.05) is 17.5 Å². The Kier molecular flexibility index (Phi) is 6.14. The van der Waals surface area contributed by atoms with Crippen LogP contribution in [0.25, 0.3) is 0 Å². The van der Waals surface area contributed by atoms with Crippen molar-refractivity contribution < 1.29 is 14.2 Å². The zero-order valence-corrected chi connectivity index (χ0v) is 12.9. The van der Waals surface area contributed by atoms with E-state index in [9.17, 15) is 0 Å². The summed E-state index contributed by atoms with van der Waals surface area (Å²) in [4.78, 5) is 0. The zero-order chi connectivity index (χ0) is 13.5. The highest BCUT2D eigenvalue weighted by Gasteiger charge is 2.19. The Bertz CT molecular complexity index is 377. The number of halogens is 1. The fraction of sp³-hybridized carbons (Fsp3) is 0.600. The van der Waals surface area contributed by atoms with E-state index in [-0.39, 0.29) is 12.2 Å². The molecule has 106 valence electrons. The van der Waals surface area contributed by atoms with Crippen molar-refractivity contribution in [3.05, 3.63) is 29.8 Å². The number of hydrogen-bond donors (Lipinski definition) is 0. The van der Waals surface area contributed by atoms with E-state index in [1.54, 1.807) is 7.11 Å². The smallest absolute Gasteiger partial charge is 0.124 e. The van der Waals surface area contributed by atoms with Gasteiger partial charge >= 0.3 is 0 Å². The number of methoxy groups -OCH3 is 1. The van der Waals surface area contributed by atoms with E-state index in [1.165, 1.54) is 12.8 Å². The first-order valence-corrected chi connectivity index (χ1v) is 7.89. The van der Waals surface area contributed by atoms with Crippen molar-refractivity contribution in [1.29, 1.82) is 0 Å². The highest BCUT2D eigenvalue weighted by molar-refractivity contribution is 9.09. The van der Waals surface area contributed by atoms with Gasteiger partial charge in [0.15, 0.2) is 0 Å². The van der Waals surface area contributed by atoms with E-state index in [2.05, 4.69) is 15.9 Å². The lowest BCUT2D eigenvalue weighted by atomic mass is 10.1. The molecule has 0 aliphatic carbocycles. The van der Waals surface area contributed by atoms with E-state index in [0.717, 1.165) is 29.7 Å². The van der Waals surface area contributed by atoms with Gasteiger partial charge in [-0.05, 0) is 25.3 Å². The van der Waals surface area contributed by atoms with E-state index >= 15 is 0 Å². The number of ether oxygens (including phenoxy) is 3. The number of rotatable bonds is 6. The molecule has 3 nitrogen and oxygen atoms in total. The Balaban J connectivity index is 1.95. The maximum absolute atomic E-state index is 6.01. The number of benzene rings is 1. The Hall–Kier alpha value is -0.580. The Labute approximate surface area is 123 Å². The van der Waals surface area contributed by atoms with Crippen LogP contribution in [0.2, 0.25) is 0 Å². The van der Waals surface area contributed by atoms with Crippen LogP contribution in [0.4, 0.5) is 0 Å². The highest BCUT2D eigenvalue weighted by Crippen LogP contribution is 2.29. The third-order valence-electron chi connectivity index (χ3n) is 3.38. The predicted octanol–water partition coefficient (Wildman–Crippen LogP) is 3.72. The first-order chi connectivity index (χ1) is 9.35. The minimum Gasteiger partial charge on any atom is -0.496 e. The molecule has 1 aromatic carbocycles. The van der Waals surface area contributed by atoms with Gasteiger partial charge in [-0.2, -0.15) is 0 Å². The number of hydrogen-bond acceptors (Lipinski definition) is 3. The van der Waals surface area contributed by atoms with Crippen molar-refractivity contribution in [3.8, 4) is 5.75 Å². The van der Waals surface area contributed by atoms with Gasteiger partial charge in [0.05, 0.1) is 25.9 Å². The number of alkyl halides is 1. The Morgan fingerprint density at radius 3 is 2.89 bits per heavy atom. The molecule has 2 rings (SSSR count). The van der Waals surface area contributed by atoms with Gasteiger partial charge in [-0.15, -0.1) is 0 Å². The van der Waals surface area contributed by atoms with Gasteiger partial charge in [-0.3, -0.25) is 0 Å². The molecule has 1 fully saturated rings. The van der Waals surface area contributed by atoms with Crippen LogP contribution in [-0.4, -0.2) is 31.8 Å². The van der Waals surface area contributed by atoms with Crippen molar-refractivity contribution in [2.75, 3.05) is 25.7 Å². The van der Waals surface area contributed by atoms with E-state index < -0.39 is 0 Å². The van der Waals surface area contributed by atoms with E-state index in [4.69, 9.17) is 14.2 Å². The molecule has 0 aromatic heterocycles. The molecule has 19 heavy (non-hydrogen) atoms. The Morgan fingerprint density at radius 2 is 2.21 bits per heavy atom. The van der Waals surface area contributed by atoms with E-state index in [1.807, 2.05) is 24.3 Å². The average molecular weight is 329 g/mol. The maximum Gasteiger partial charge on any atom is 0.124 e. The van der Waals surface area contributed by atoms with E-state index in [0.29, 0.717) is 6.61 Å². The molecule has 0 N–H and O–H groups in total. The SMILES string of the molecule is COc1ccccc1C(CBr)OCC1CCCCO1. The summed E-state index contributed by atoms with van der Waals surface area (Å²) in [7, 11) is 1.69. The quantitative estimate of drug-likeness (QED) is 0.745. The molecular formula is C15H21BrO3. The lowest BCUT2D eigenvalue weighted by molar-refractivity contribution is -0.0589. The molecule has 4 heteroatoms. The van der Waals surface area contributed by atoms with Gasteiger partial charge in [-0.1, -0.05) is 34.1 Å². The largest absolute Gasteiger partial charge is 0.496 e. The topological polar surface area (TPSA) is 27.7 Å². The monoisotopic (exact) mass is 328 g/mol. The lowest BCUT2D eigenvalue weighted by Crippen LogP contribution is -2.25. The molecule has 1 aromatic rings. The van der Waals surface area contributed by atoms with Crippen LogP contribution < -0.4 is 4.74 Å². The van der Waals surface area contributed by atoms with Crippen LogP contribution in [0.5, 0.6) is 5.75 Å². The molecule has 1 saturated heterocycles. The fourth-order valence-corrected chi connectivity index (χ4v) is 2.85. The summed E-state index contributed by atoms with van der Waals surface area (Å²) in [5, 5.41) is 0.750. The standard InChI is InChI=1S/C15H21BrO3/c1-17-14-8-3-2-7-13(14)15(10-16)19-11-12-6-4-5-9-18-12/h2-3,7-8,12,15H,4-6,9-11H2,1H3. The van der Waals surface area contributed by atoms with Crippen molar-refractivity contribution in [3.63, 3.8) is 0 Å². The molecule has 1 aliphatic rings. The molecular weight excluding hydrogens is 308 g/mol. The fourth-order valence-electron chi connectivity index (χ4n) is 2.31. The van der Waals surface area contributed by atoms with Crippen LogP contribution in [0.15, 0.2) is 24.3 Å². The van der Waals surface area contributed by atoms with Crippen LogP contribution in [0.1, 0.15) is 30.9 Å². The second-order valence-electron chi connectivity index (χ2n) is 4.71.